The van der Waals surface area contributed by atoms with Crippen molar-refractivity contribution in [1.82, 2.24) is 4.90 Å². The molecule has 2 rings (SSSR count). The first-order chi connectivity index (χ1) is 9.45. The summed E-state index contributed by atoms with van der Waals surface area (Å²) in [4.78, 5) is 12.3. The third kappa shape index (κ3) is 3.64. The number of rotatable bonds is 2. The fraction of sp³-hybridized carbons (Fsp3) is 0.462. The van der Waals surface area contributed by atoms with E-state index >= 15 is 0 Å². The van der Waals surface area contributed by atoms with Crippen molar-refractivity contribution in [3.8, 4) is 0 Å². The van der Waals surface area contributed by atoms with E-state index in [0.29, 0.717) is 23.9 Å². The molecule has 1 aliphatic heterocycles. The second kappa shape index (κ2) is 6.15. The van der Waals surface area contributed by atoms with Crippen molar-refractivity contribution >= 4 is 28.7 Å². The Morgan fingerprint density at radius 1 is 1.45 bits per heavy atom. The zero-order chi connectivity index (χ0) is 14.7. The predicted octanol–water partition coefficient (Wildman–Crippen LogP) is 2.40. The highest BCUT2D eigenvalue weighted by Gasteiger charge is 2.24. The van der Waals surface area contributed by atoms with Crippen LogP contribution in [0, 0.1) is 10.1 Å². The number of nitrogens with one attached hydrogen (secondary N) is 1. The molecule has 1 aromatic rings. The van der Waals surface area contributed by atoms with Crippen LogP contribution in [0.5, 0.6) is 0 Å². The average molecular weight is 295 g/mol. The summed E-state index contributed by atoms with van der Waals surface area (Å²) in [7, 11) is 0. The van der Waals surface area contributed by atoms with Crippen molar-refractivity contribution < 1.29 is 9.66 Å². The second-order valence-corrected chi connectivity index (χ2v) is 5.29. The van der Waals surface area contributed by atoms with E-state index in [1.807, 2.05) is 18.7 Å². The summed E-state index contributed by atoms with van der Waals surface area (Å²) in [5.74, 6) is 0. The van der Waals surface area contributed by atoms with Crippen LogP contribution in [0.15, 0.2) is 24.3 Å². The van der Waals surface area contributed by atoms with Gasteiger partial charge in [0.1, 0.15) is 0 Å². The van der Waals surface area contributed by atoms with Gasteiger partial charge < -0.3 is 15.0 Å². The summed E-state index contributed by atoms with van der Waals surface area (Å²) >= 11 is 5.36. The van der Waals surface area contributed by atoms with Crippen molar-refractivity contribution in [2.75, 3.05) is 18.4 Å². The van der Waals surface area contributed by atoms with Crippen LogP contribution in [-0.2, 0) is 4.74 Å². The van der Waals surface area contributed by atoms with Crippen LogP contribution < -0.4 is 5.32 Å². The fourth-order valence-corrected chi connectivity index (χ4v) is 2.51. The van der Waals surface area contributed by atoms with Gasteiger partial charge in [-0.25, -0.2) is 0 Å². The molecule has 0 amide bonds. The number of nitrogens with zero attached hydrogens (tertiary/aromatic N) is 2. The SMILES string of the molecule is C[C@@H]1CN(C(=S)Nc2cccc([N+](=O)[O-])c2)C[C@H](C)O1. The third-order valence-electron chi connectivity index (χ3n) is 3.02. The van der Waals surface area contributed by atoms with Crippen LogP contribution in [0.2, 0.25) is 0 Å². The van der Waals surface area contributed by atoms with Gasteiger partial charge in [-0.2, -0.15) is 0 Å². The van der Waals surface area contributed by atoms with Crippen molar-refractivity contribution in [2.24, 2.45) is 0 Å². The van der Waals surface area contributed by atoms with Crippen LogP contribution >= 0.6 is 12.2 Å². The molecule has 20 heavy (non-hydrogen) atoms. The van der Waals surface area contributed by atoms with Gasteiger partial charge >= 0.3 is 0 Å². The van der Waals surface area contributed by atoms with Gasteiger partial charge in [0.05, 0.1) is 17.1 Å². The number of benzene rings is 1. The Bertz CT molecular complexity index is 513. The van der Waals surface area contributed by atoms with Gasteiger partial charge in [0.2, 0.25) is 0 Å². The van der Waals surface area contributed by atoms with Crippen molar-refractivity contribution in [2.45, 2.75) is 26.1 Å². The molecule has 1 fully saturated rings. The Labute approximate surface area is 122 Å². The van der Waals surface area contributed by atoms with Gasteiger partial charge in [-0.3, -0.25) is 10.1 Å². The summed E-state index contributed by atoms with van der Waals surface area (Å²) in [5, 5.41) is 14.4. The standard InChI is InChI=1S/C13H17N3O3S/c1-9-7-15(8-10(2)19-9)13(20)14-11-4-3-5-12(6-11)16(17)18/h3-6,9-10H,7-8H2,1-2H3,(H,14,20)/t9-,10+. The highest BCUT2D eigenvalue weighted by Crippen LogP contribution is 2.18. The maximum Gasteiger partial charge on any atom is 0.271 e. The quantitative estimate of drug-likeness (QED) is 0.513. The molecule has 0 unspecified atom stereocenters. The van der Waals surface area contributed by atoms with Crippen LogP contribution in [0.3, 0.4) is 0 Å². The largest absolute Gasteiger partial charge is 0.372 e. The summed E-state index contributed by atoms with van der Waals surface area (Å²) in [6.45, 7) is 5.42. The lowest BCUT2D eigenvalue weighted by molar-refractivity contribution is -0.384. The number of thiocarbonyl (C=S) groups is 1. The Morgan fingerprint density at radius 2 is 2.10 bits per heavy atom. The second-order valence-electron chi connectivity index (χ2n) is 4.90. The molecule has 6 nitrogen and oxygen atoms in total. The minimum absolute atomic E-state index is 0.0431. The molecule has 1 aromatic carbocycles. The summed E-state index contributed by atoms with van der Waals surface area (Å²) in [5.41, 5.74) is 0.664. The Kier molecular flexibility index (Phi) is 4.51. The van der Waals surface area contributed by atoms with Crippen LogP contribution in [0.1, 0.15) is 13.8 Å². The van der Waals surface area contributed by atoms with E-state index in [4.69, 9.17) is 17.0 Å². The number of non-ortho nitro benzene ring substituents is 1. The van der Waals surface area contributed by atoms with Gasteiger partial charge in [-0.05, 0) is 32.1 Å². The predicted molar refractivity (Wildman–Crippen MR) is 80.9 cm³/mol. The fourth-order valence-electron chi connectivity index (χ4n) is 2.24. The molecule has 2 atom stereocenters. The van der Waals surface area contributed by atoms with Gasteiger partial charge in [-0.15, -0.1) is 0 Å². The van der Waals surface area contributed by atoms with Crippen molar-refractivity contribution in [3.05, 3.63) is 34.4 Å². The minimum Gasteiger partial charge on any atom is -0.372 e. The van der Waals surface area contributed by atoms with E-state index in [9.17, 15) is 10.1 Å². The lowest BCUT2D eigenvalue weighted by Crippen LogP contribution is -2.49. The smallest absolute Gasteiger partial charge is 0.271 e. The number of morpholine rings is 1. The lowest BCUT2D eigenvalue weighted by Gasteiger charge is -2.36. The third-order valence-corrected chi connectivity index (χ3v) is 3.38. The molecule has 1 saturated heterocycles. The molecule has 7 heteroatoms. The number of hydrogen-bond acceptors (Lipinski definition) is 4. The van der Waals surface area contributed by atoms with E-state index in [1.165, 1.54) is 12.1 Å². The summed E-state index contributed by atoms with van der Waals surface area (Å²) in [6, 6.07) is 6.31. The Balaban J connectivity index is 2.04. The molecular weight excluding hydrogens is 278 g/mol. The number of nitro groups is 1. The number of nitro benzene ring substituents is 1. The number of ether oxygens (including phenoxy) is 1. The van der Waals surface area contributed by atoms with Crippen LogP contribution in [0.4, 0.5) is 11.4 Å². The van der Waals surface area contributed by atoms with Crippen molar-refractivity contribution in [1.29, 1.82) is 0 Å². The van der Waals surface area contributed by atoms with E-state index in [0.717, 1.165) is 0 Å². The first-order valence-corrected chi connectivity index (χ1v) is 6.82. The highest BCUT2D eigenvalue weighted by atomic mass is 32.1. The summed E-state index contributed by atoms with van der Waals surface area (Å²) < 4.78 is 5.65. The van der Waals surface area contributed by atoms with E-state index in [2.05, 4.69) is 5.32 Å². The summed E-state index contributed by atoms with van der Waals surface area (Å²) in [6.07, 6.45) is 0.229. The zero-order valence-corrected chi connectivity index (χ0v) is 12.2. The molecule has 0 bridgehead atoms. The molecule has 0 saturated carbocycles. The van der Waals surface area contributed by atoms with Crippen molar-refractivity contribution in [3.63, 3.8) is 0 Å². The van der Waals surface area contributed by atoms with Gasteiger partial charge in [-0.1, -0.05) is 6.07 Å². The molecule has 0 aliphatic carbocycles. The monoisotopic (exact) mass is 295 g/mol. The molecule has 1 heterocycles. The maximum absolute atomic E-state index is 10.7. The molecule has 1 N–H and O–H groups in total. The van der Waals surface area contributed by atoms with E-state index in [1.54, 1.807) is 12.1 Å². The van der Waals surface area contributed by atoms with E-state index in [-0.39, 0.29) is 17.9 Å². The molecule has 0 spiro atoms. The topological polar surface area (TPSA) is 67.6 Å². The molecule has 0 radical (unpaired) electrons. The van der Waals surface area contributed by atoms with Crippen LogP contribution in [-0.4, -0.2) is 40.2 Å². The zero-order valence-electron chi connectivity index (χ0n) is 11.4. The Morgan fingerprint density at radius 3 is 2.70 bits per heavy atom. The first-order valence-electron chi connectivity index (χ1n) is 6.41. The average Bonchev–Trinajstić information content (AvgIpc) is 2.37. The minimum atomic E-state index is -0.424. The lowest BCUT2D eigenvalue weighted by atomic mass is 10.2. The molecule has 108 valence electrons. The highest BCUT2D eigenvalue weighted by molar-refractivity contribution is 7.80. The molecule has 1 aliphatic rings. The number of anilines is 1. The van der Waals surface area contributed by atoms with Gasteiger partial charge in [0.15, 0.2) is 5.11 Å². The van der Waals surface area contributed by atoms with Gasteiger partial charge in [0.25, 0.3) is 5.69 Å². The van der Waals surface area contributed by atoms with E-state index < -0.39 is 4.92 Å². The number of hydrogen-bond donors (Lipinski definition) is 1. The van der Waals surface area contributed by atoms with Crippen LogP contribution in [0.25, 0.3) is 0 Å². The maximum atomic E-state index is 10.7. The first kappa shape index (κ1) is 14.7. The molecule has 0 aromatic heterocycles. The molecular formula is C13H17N3O3S. The Hall–Kier alpha value is -1.73. The normalized spacial score (nSPS) is 22.4. The van der Waals surface area contributed by atoms with Gasteiger partial charge in [0, 0.05) is 30.9 Å².